The number of carbonyl (C=O) groups excluding carboxylic acids is 1. The molecule has 0 aliphatic carbocycles. The molecule has 0 saturated heterocycles. The van der Waals surface area contributed by atoms with E-state index in [4.69, 9.17) is 4.74 Å². The second kappa shape index (κ2) is 6.88. The third kappa shape index (κ3) is 4.34. The van der Waals surface area contributed by atoms with Gasteiger partial charge in [-0.05, 0) is 18.6 Å². The molecule has 0 amide bonds. The van der Waals surface area contributed by atoms with Crippen LogP contribution in [0.2, 0.25) is 0 Å². The van der Waals surface area contributed by atoms with Crippen LogP contribution in [-0.4, -0.2) is 26.2 Å². The highest BCUT2D eigenvalue weighted by molar-refractivity contribution is 5.69. The van der Waals surface area contributed by atoms with Gasteiger partial charge in [0.1, 0.15) is 6.61 Å². The summed E-state index contributed by atoms with van der Waals surface area (Å²) in [5, 5.41) is 0. The molecule has 0 spiro atoms. The fourth-order valence-electron chi connectivity index (χ4n) is 1.38. The van der Waals surface area contributed by atoms with Crippen LogP contribution in [0.25, 0.3) is 0 Å². The van der Waals surface area contributed by atoms with Gasteiger partial charge in [0.05, 0.1) is 6.54 Å². The van der Waals surface area contributed by atoms with Gasteiger partial charge in [-0.3, -0.25) is 4.79 Å². The molecule has 0 aliphatic heterocycles. The topological polar surface area (TPSA) is 29.5 Å². The van der Waals surface area contributed by atoms with Crippen molar-refractivity contribution in [3.63, 3.8) is 0 Å². The van der Waals surface area contributed by atoms with Crippen LogP contribution >= 0.6 is 0 Å². The Morgan fingerprint density at radius 3 is 2.62 bits per heavy atom. The van der Waals surface area contributed by atoms with Crippen LogP contribution in [0.3, 0.4) is 0 Å². The number of para-hydroxylation sites is 1. The second-order valence-electron chi connectivity index (χ2n) is 3.73. The van der Waals surface area contributed by atoms with Crippen molar-refractivity contribution in [3.8, 4) is 0 Å². The van der Waals surface area contributed by atoms with Crippen LogP contribution in [0.5, 0.6) is 0 Å². The Hall–Kier alpha value is -1.51. The van der Waals surface area contributed by atoms with E-state index in [0.29, 0.717) is 13.0 Å². The number of anilines is 1. The average molecular weight is 221 g/mol. The van der Waals surface area contributed by atoms with Crippen molar-refractivity contribution in [2.24, 2.45) is 0 Å². The predicted octanol–water partition coefficient (Wildman–Crippen LogP) is 2.47. The zero-order valence-corrected chi connectivity index (χ0v) is 9.98. The first-order valence-electron chi connectivity index (χ1n) is 5.66. The van der Waals surface area contributed by atoms with Gasteiger partial charge in [-0.2, -0.15) is 0 Å². The summed E-state index contributed by atoms with van der Waals surface area (Å²) in [7, 11) is 1.99. The van der Waals surface area contributed by atoms with Crippen molar-refractivity contribution in [3.05, 3.63) is 30.3 Å². The van der Waals surface area contributed by atoms with E-state index < -0.39 is 0 Å². The Morgan fingerprint density at radius 2 is 2.00 bits per heavy atom. The lowest BCUT2D eigenvalue weighted by molar-refractivity contribution is -0.143. The molecule has 0 fully saturated rings. The molecule has 16 heavy (non-hydrogen) atoms. The fourth-order valence-corrected chi connectivity index (χ4v) is 1.38. The molecule has 0 radical (unpaired) electrons. The largest absolute Gasteiger partial charge is 0.464 e. The number of nitrogens with zero attached hydrogens (tertiary/aromatic N) is 1. The molecule has 0 aromatic heterocycles. The smallest absolute Gasteiger partial charge is 0.305 e. The summed E-state index contributed by atoms with van der Waals surface area (Å²) >= 11 is 0. The number of esters is 1. The van der Waals surface area contributed by atoms with Gasteiger partial charge in [-0.15, -0.1) is 0 Å². The van der Waals surface area contributed by atoms with Crippen LogP contribution in [0.15, 0.2) is 30.3 Å². The van der Waals surface area contributed by atoms with E-state index >= 15 is 0 Å². The summed E-state index contributed by atoms with van der Waals surface area (Å²) in [4.78, 5) is 13.2. The van der Waals surface area contributed by atoms with Gasteiger partial charge in [-0.1, -0.05) is 25.1 Å². The molecule has 3 nitrogen and oxygen atoms in total. The second-order valence-corrected chi connectivity index (χ2v) is 3.73. The zero-order valence-electron chi connectivity index (χ0n) is 9.98. The fraction of sp³-hybridized carbons (Fsp3) is 0.462. The van der Waals surface area contributed by atoms with Gasteiger partial charge in [0.25, 0.3) is 0 Å². The summed E-state index contributed by atoms with van der Waals surface area (Å²) < 4.78 is 5.09. The summed E-state index contributed by atoms with van der Waals surface area (Å²) in [6.45, 7) is 3.14. The van der Waals surface area contributed by atoms with Crippen molar-refractivity contribution in [2.45, 2.75) is 19.8 Å². The normalized spacial score (nSPS) is 9.88. The number of ether oxygens (including phenoxy) is 1. The van der Waals surface area contributed by atoms with Gasteiger partial charge in [-0.25, -0.2) is 0 Å². The Labute approximate surface area is 97.0 Å². The maximum atomic E-state index is 11.1. The molecule has 0 heterocycles. The molecule has 0 saturated carbocycles. The minimum Gasteiger partial charge on any atom is -0.464 e. The Balaban J connectivity index is 2.26. The minimum absolute atomic E-state index is 0.107. The van der Waals surface area contributed by atoms with Crippen LogP contribution in [0, 0.1) is 0 Å². The van der Waals surface area contributed by atoms with Crippen LogP contribution in [0.1, 0.15) is 19.8 Å². The van der Waals surface area contributed by atoms with Crippen molar-refractivity contribution < 1.29 is 9.53 Å². The Morgan fingerprint density at radius 1 is 1.31 bits per heavy atom. The van der Waals surface area contributed by atoms with E-state index in [2.05, 4.69) is 4.90 Å². The predicted molar refractivity (Wildman–Crippen MR) is 65.6 cm³/mol. The Kier molecular flexibility index (Phi) is 5.40. The molecular formula is C13H19NO2. The first-order chi connectivity index (χ1) is 7.74. The Bertz CT molecular complexity index is 311. The maximum Gasteiger partial charge on any atom is 0.305 e. The third-order valence-corrected chi connectivity index (χ3v) is 2.34. The van der Waals surface area contributed by atoms with Crippen molar-refractivity contribution >= 4 is 11.7 Å². The lowest BCUT2D eigenvalue weighted by Gasteiger charge is -2.18. The number of likely N-dealkylation sites (N-methyl/N-ethyl adjacent to an activating group) is 1. The molecule has 1 aromatic carbocycles. The standard InChI is InChI=1S/C13H19NO2/c1-3-7-13(15)16-11-10-14(2)12-8-5-4-6-9-12/h4-6,8-9H,3,7,10-11H2,1-2H3. The van der Waals surface area contributed by atoms with Crippen LogP contribution in [0.4, 0.5) is 5.69 Å². The summed E-state index contributed by atoms with van der Waals surface area (Å²) in [6, 6.07) is 10.0. The van der Waals surface area contributed by atoms with E-state index in [-0.39, 0.29) is 5.97 Å². The zero-order chi connectivity index (χ0) is 11.8. The molecule has 0 N–H and O–H groups in total. The minimum atomic E-state index is -0.107. The highest BCUT2D eigenvalue weighted by atomic mass is 16.5. The number of rotatable bonds is 6. The summed E-state index contributed by atoms with van der Waals surface area (Å²) in [5.41, 5.74) is 1.13. The van der Waals surface area contributed by atoms with E-state index in [1.165, 1.54) is 0 Å². The van der Waals surface area contributed by atoms with Gasteiger partial charge in [0.2, 0.25) is 0 Å². The van der Waals surface area contributed by atoms with Gasteiger partial charge < -0.3 is 9.64 Å². The maximum absolute atomic E-state index is 11.1. The van der Waals surface area contributed by atoms with E-state index in [9.17, 15) is 4.79 Å². The average Bonchev–Trinajstić information content (AvgIpc) is 2.30. The monoisotopic (exact) mass is 221 g/mol. The SMILES string of the molecule is CCCC(=O)OCCN(C)c1ccccc1. The van der Waals surface area contributed by atoms with Gasteiger partial charge in [0.15, 0.2) is 0 Å². The molecule has 1 rings (SSSR count). The highest BCUT2D eigenvalue weighted by Crippen LogP contribution is 2.10. The van der Waals surface area contributed by atoms with Crippen LogP contribution < -0.4 is 4.90 Å². The highest BCUT2D eigenvalue weighted by Gasteiger charge is 2.03. The van der Waals surface area contributed by atoms with Crippen LogP contribution in [-0.2, 0) is 9.53 Å². The number of benzene rings is 1. The lowest BCUT2D eigenvalue weighted by atomic mass is 10.3. The quantitative estimate of drug-likeness (QED) is 0.691. The molecule has 88 valence electrons. The molecule has 0 unspecified atom stereocenters. The van der Waals surface area contributed by atoms with Gasteiger partial charge in [0, 0.05) is 19.2 Å². The van der Waals surface area contributed by atoms with E-state index in [1.54, 1.807) is 0 Å². The molecule has 0 aliphatic rings. The summed E-state index contributed by atoms with van der Waals surface area (Å²) in [6.07, 6.45) is 1.35. The van der Waals surface area contributed by atoms with E-state index in [1.807, 2.05) is 44.3 Å². The third-order valence-electron chi connectivity index (χ3n) is 2.34. The first-order valence-corrected chi connectivity index (χ1v) is 5.66. The summed E-state index contributed by atoms with van der Waals surface area (Å²) in [5.74, 6) is -0.107. The molecular weight excluding hydrogens is 202 g/mol. The van der Waals surface area contributed by atoms with Crippen molar-refractivity contribution in [1.82, 2.24) is 0 Å². The molecule has 3 heteroatoms. The number of hydrogen-bond acceptors (Lipinski definition) is 3. The van der Waals surface area contributed by atoms with E-state index in [0.717, 1.165) is 18.7 Å². The number of carbonyl (C=O) groups is 1. The van der Waals surface area contributed by atoms with Crippen molar-refractivity contribution in [1.29, 1.82) is 0 Å². The molecule has 0 bridgehead atoms. The molecule has 0 atom stereocenters. The first kappa shape index (κ1) is 12.6. The molecule has 1 aromatic rings. The van der Waals surface area contributed by atoms with Crippen molar-refractivity contribution in [2.75, 3.05) is 25.1 Å². The van der Waals surface area contributed by atoms with Gasteiger partial charge >= 0.3 is 5.97 Å². The number of hydrogen-bond donors (Lipinski definition) is 0. The lowest BCUT2D eigenvalue weighted by Crippen LogP contribution is -2.23.